The van der Waals surface area contributed by atoms with Gasteiger partial charge in [-0.05, 0) is 71.8 Å². The van der Waals surface area contributed by atoms with Crippen LogP contribution in [-0.4, -0.2) is 12.6 Å². The molecule has 0 amide bonds. The second-order valence-electron chi connectivity index (χ2n) is 5.78. The molecule has 0 bridgehead atoms. The minimum absolute atomic E-state index is 0.648. The van der Waals surface area contributed by atoms with Crippen LogP contribution in [0.2, 0.25) is 0 Å². The molecule has 1 aromatic heterocycles. The number of thiophene rings is 1. The summed E-state index contributed by atoms with van der Waals surface area (Å²) in [5.74, 6) is 0.648. The van der Waals surface area contributed by atoms with Crippen molar-refractivity contribution in [3.05, 3.63) is 55.1 Å². The van der Waals surface area contributed by atoms with Crippen LogP contribution >= 0.6 is 43.2 Å². The van der Waals surface area contributed by atoms with Gasteiger partial charge in [-0.1, -0.05) is 34.1 Å². The van der Waals surface area contributed by atoms with Gasteiger partial charge >= 0.3 is 0 Å². The molecule has 0 saturated heterocycles. The Labute approximate surface area is 147 Å². The summed E-state index contributed by atoms with van der Waals surface area (Å²) in [4.78, 5) is 1.47. The maximum absolute atomic E-state index is 3.70. The molecule has 112 valence electrons. The molecule has 0 aliphatic heterocycles. The number of hydrogen-bond donors (Lipinski definition) is 1. The van der Waals surface area contributed by atoms with Crippen LogP contribution in [0.4, 0.5) is 0 Å². The first kappa shape index (κ1) is 15.7. The molecule has 1 heterocycles. The molecule has 4 heteroatoms. The zero-order chi connectivity index (χ0) is 14.7. The van der Waals surface area contributed by atoms with Crippen LogP contribution in [0.25, 0.3) is 0 Å². The van der Waals surface area contributed by atoms with Crippen LogP contribution in [0.15, 0.2) is 44.7 Å². The van der Waals surface area contributed by atoms with Crippen LogP contribution in [0.3, 0.4) is 0 Å². The fourth-order valence-corrected chi connectivity index (χ4v) is 4.57. The van der Waals surface area contributed by atoms with Gasteiger partial charge in [-0.15, -0.1) is 11.3 Å². The van der Waals surface area contributed by atoms with E-state index in [1.54, 1.807) is 0 Å². The Bertz CT molecular complexity index is 592. The standard InChI is InChI=1S/C17H19Br2NS/c18-14-9-16(21-11-14)8-12(10-20-15-5-6-15)7-13-3-1-2-4-17(13)19/h1-4,9,11-12,15,20H,5-8,10H2. The minimum atomic E-state index is 0.648. The molecular weight excluding hydrogens is 410 g/mol. The predicted octanol–water partition coefficient (Wildman–Crippen LogP) is 5.43. The van der Waals surface area contributed by atoms with E-state index < -0.39 is 0 Å². The summed E-state index contributed by atoms with van der Waals surface area (Å²) >= 11 is 9.10. The molecule has 1 aliphatic carbocycles. The fraction of sp³-hybridized carbons (Fsp3) is 0.412. The molecule has 1 saturated carbocycles. The van der Waals surface area contributed by atoms with E-state index in [1.165, 1.54) is 32.2 Å². The Kier molecular flexibility index (Phi) is 5.54. The Morgan fingerprint density at radius 3 is 2.67 bits per heavy atom. The van der Waals surface area contributed by atoms with Crippen molar-refractivity contribution in [2.75, 3.05) is 6.54 Å². The van der Waals surface area contributed by atoms with Crippen LogP contribution in [-0.2, 0) is 12.8 Å². The van der Waals surface area contributed by atoms with Crippen molar-refractivity contribution in [3.8, 4) is 0 Å². The lowest BCUT2D eigenvalue weighted by atomic mass is 9.95. The number of rotatable bonds is 7. The zero-order valence-electron chi connectivity index (χ0n) is 11.8. The first-order valence-corrected chi connectivity index (χ1v) is 9.87. The van der Waals surface area contributed by atoms with Gasteiger partial charge in [0.2, 0.25) is 0 Å². The highest BCUT2D eigenvalue weighted by Gasteiger charge is 2.22. The van der Waals surface area contributed by atoms with E-state index in [0.717, 1.165) is 25.4 Å². The number of hydrogen-bond acceptors (Lipinski definition) is 2. The fourth-order valence-electron chi connectivity index (χ4n) is 2.56. The highest BCUT2D eigenvalue weighted by Crippen LogP contribution is 2.27. The lowest BCUT2D eigenvalue weighted by Gasteiger charge is -2.18. The van der Waals surface area contributed by atoms with Gasteiger partial charge in [-0.25, -0.2) is 0 Å². The van der Waals surface area contributed by atoms with E-state index >= 15 is 0 Å². The number of benzene rings is 1. The summed E-state index contributed by atoms with van der Waals surface area (Å²) < 4.78 is 2.44. The molecule has 1 unspecified atom stereocenters. The smallest absolute Gasteiger partial charge is 0.0285 e. The molecule has 21 heavy (non-hydrogen) atoms. The van der Waals surface area contributed by atoms with E-state index in [4.69, 9.17) is 0 Å². The van der Waals surface area contributed by atoms with Crippen molar-refractivity contribution in [1.82, 2.24) is 5.32 Å². The van der Waals surface area contributed by atoms with Crippen molar-refractivity contribution >= 4 is 43.2 Å². The molecule has 1 aliphatic rings. The van der Waals surface area contributed by atoms with Crippen molar-refractivity contribution in [3.63, 3.8) is 0 Å². The number of halogens is 2. The average Bonchev–Trinajstić information content (AvgIpc) is 3.21. The molecule has 1 atom stereocenters. The molecule has 1 aromatic carbocycles. The first-order chi connectivity index (χ1) is 10.2. The van der Waals surface area contributed by atoms with E-state index in [0.29, 0.717) is 5.92 Å². The van der Waals surface area contributed by atoms with Gasteiger partial charge in [0.25, 0.3) is 0 Å². The van der Waals surface area contributed by atoms with Crippen molar-refractivity contribution in [2.45, 2.75) is 31.7 Å². The van der Waals surface area contributed by atoms with E-state index in [2.05, 4.69) is 72.9 Å². The van der Waals surface area contributed by atoms with Crippen LogP contribution < -0.4 is 5.32 Å². The lowest BCUT2D eigenvalue weighted by Crippen LogP contribution is -2.27. The summed E-state index contributed by atoms with van der Waals surface area (Å²) in [6.07, 6.45) is 4.98. The maximum atomic E-state index is 3.70. The average molecular weight is 429 g/mol. The highest BCUT2D eigenvalue weighted by atomic mass is 79.9. The largest absolute Gasteiger partial charge is 0.314 e. The third-order valence-corrected chi connectivity index (χ3v) is 6.34. The summed E-state index contributed by atoms with van der Waals surface area (Å²) in [6, 6.07) is 11.6. The molecular formula is C17H19Br2NS. The molecule has 1 N–H and O–H groups in total. The molecule has 1 nitrogen and oxygen atoms in total. The van der Waals surface area contributed by atoms with Crippen LogP contribution in [0, 0.1) is 5.92 Å². The molecule has 3 rings (SSSR count). The normalized spacial score (nSPS) is 16.1. The molecule has 0 radical (unpaired) electrons. The second kappa shape index (κ2) is 7.40. The van der Waals surface area contributed by atoms with Gasteiger partial charge in [-0.2, -0.15) is 0 Å². The second-order valence-corrected chi connectivity index (χ2v) is 8.55. The van der Waals surface area contributed by atoms with Gasteiger partial charge in [0.05, 0.1) is 0 Å². The predicted molar refractivity (Wildman–Crippen MR) is 98.1 cm³/mol. The summed E-state index contributed by atoms with van der Waals surface area (Å²) in [5, 5.41) is 5.88. The quantitative estimate of drug-likeness (QED) is 0.620. The Balaban J connectivity index is 1.67. The Morgan fingerprint density at radius 2 is 2.00 bits per heavy atom. The van der Waals surface area contributed by atoms with Gasteiger partial charge in [-0.3, -0.25) is 0 Å². The van der Waals surface area contributed by atoms with Crippen molar-refractivity contribution < 1.29 is 0 Å². The lowest BCUT2D eigenvalue weighted by molar-refractivity contribution is 0.471. The SMILES string of the molecule is Brc1csc(CC(CNC2CC2)Cc2ccccc2Br)c1. The molecule has 1 fully saturated rings. The number of nitrogens with one attached hydrogen (secondary N) is 1. The Hall–Kier alpha value is -0.160. The minimum Gasteiger partial charge on any atom is -0.314 e. The third kappa shape index (κ3) is 4.92. The molecule has 2 aromatic rings. The topological polar surface area (TPSA) is 12.0 Å². The maximum Gasteiger partial charge on any atom is 0.0285 e. The zero-order valence-corrected chi connectivity index (χ0v) is 15.8. The van der Waals surface area contributed by atoms with Gasteiger partial charge < -0.3 is 5.32 Å². The summed E-state index contributed by atoms with van der Waals surface area (Å²) in [6.45, 7) is 1.11. The van der Waals surface area contributed by atoms with Gasteiger partial charge in [0.1, 0.15) is 0 Å². The van der Waals surface area contributed by atoms with E-state index in [9.17, 15) is 0 Å². The van der Waals surface area contributed by atoms with Crippen molar-refractivity contribution in [1.29, 1.82) is 0 Å². The summed E-state index contributed by atoms with van der Waals surface area (Å²) in [7, 11) is 0. The van der Waals surface area contributed by atoms with Crippen molar-refractivity contribution in [2.24, 2.45) is 5.92 Å². The van der Waals surface area contributed by atoms with Gasteiger partial charge in [0.15, 0.2) is 0 Å². The van der Waals surface area contributed by atoms with Crippen LogP contribution in [0.1, 0.15) is 23.3 Å². The molecule has 0 spiro atoms. The third-order valence-electron chi connectivity index (χ3n) is 3.85. The van der Waals surface area contributed by atoms with Crippen LogP contribution in [0.5, 0.6) is 0 Å². The highest BCUT2D eigenvalue weighted by molar-refractivity contribution is 9.10. The van der Waals surface area contributed by atoms with Gasteiger partial charge in [0, 0.05) is 25.2 Å². The van der Waals surface area contributed by atoms with E-state index in [1.807, 2.05) is 11.3 Å². The van der Waals surface area contributed by atoms with E-state index in [-0.39, 0.29) is 0 Å². The summed E-state index contributed by atoms with van der Waals surface area (Å²) in [5.41, 5.74) is 1.41. The Morgan fingerprint density at radius 1 is 1.19 bits per heavy atom. The monoisotopic (exact) mass is 427 g/mol. The first-order valence-electron chi connectivity index (χ1n) is 7.40.